The number of likely N-dealkylation sites (tertiary alicyclic amines) is 1. The third kappa shape index (κ3) is 5.35. The summed E-state index contributed by atoms with van der Waals surface area (Å²) in [6.07, 6.45) is 12.4. The molecule has 42 heavy (non-hydrogen) atoms. The summed E-state index contributed by atoms with van der Waals surface area (Å²) in [6.45, 7) is 4.32. The van der Waals surface area contributed by atoms with Crippen LogP contribution in [0.5, 0.6) is 5.75 Å². The number of carbonyl (C=O) groups is 2. The molecular formula is C35H44BNO5. The van der Waals surface area contributed by atoms with Crippen LogP contribution in [0.15, 0.2) is 53.1 Å². The van der Waals surface area contributed by atoms with E-state index in [0.29, 0.717) is 12.7 Å². The van der Waals surface area contributed by atoms with Crippen LogP contribution < -0.4 is 0 Å². The zero-order valence-corrected chi connectivity index (χ0v) is 25.1. The Morgan fingerprint density at radius 1 is 1.02 bits per heavy atom. The van der Waals surface area contributed by atoms with Crippen molar-refractivity contribution in [3.63, 3.8) is 0 Å². The van der Waals surface area contributed by atoms with E-state index in [0.717, 1.165) is 74.1 Å². The van der Waals surface area contributed by atoms with Crippen LogP contribution in [-0.4, -0.2) is 46.1 Å². The molecule has 0 bridgehead atoms. The first-order valence-corrected chi connectivity index (χ1v) is 16.2. The average Bonchev–Trinajstić information content (AvgIpc) is 3.25. The minimum atomic E-state index is -0.938. The minimum Gasteiger partial charge on any atom is -0.507 e. The molecule has 6 nitrogen and oxygen atoms in total. The van der Waals surface area contributed by atoms with Gasteiger partial charge in [-0.3, -0.25) is 14.5 Å². The summed E-state index contributed by atoms with van der Waals surface area (Å²) >= 11 is 0. The van der Waals surface area contributed by atoms with Gasteiger partial charge in [0.2, 0.25) is 11.8 Å². The molecule has 7 heteroatoms. The molecule has 2 aromatic rings. The highest BCUT2D eigenvalue weighted by Gasteiger charge is 2.58. The fourth-order valence-corrected chi connectivity index (χ4v) is 8.35. The molecule has 0 aromatic heterocycles. The topological polar surface area (TPSA) is 87.1 Å². The highest BCUT2D eigenvalue weighted by atomic mass is 16.5. The quantitative estimate of drug-likeness (QED) is 0.202. The molecule has 2 amide bonds. The number of fused-ring (bicyclic) bond motifs is 4. The van der Waals surface area contributed by atoms with E-state index in [4.69, 9.17) is 4.65 Å². The SMILES string of the molecule is CCCC1=C2[C@@H](CC/C(=C/c3ccc(O)c4ccccc34)CC)OB(O)C[C@@H]2[C@@H]2C(=O)N(C3CCCCC3)C(=O)[C@@H]2C1. The van der Waals surface area contributed by atoms with Crippen molar-refractivity contribution in [1.29, 1.82) is 0 Å². The standard InChI is InChI=1S/C35H44BNO5/c1-3-10-24-20-28-33(35(40)37(34(28)39)25-11-6-5-7-12-25)29-21-36(41)42-31(32(24)29)18-15-22(4-2)19-23-16-17-30(38)27-14-9-8-13-26(23)27/h8-9,13-14,16-17,19,25,28-29,31,33,38,41H,3-7,10-12,15,18,20-21H2,1-2H3/b22-19+/t28-,29+,31-,33-/m1/s1. The molecule has 2 aliphatic carbocycles. The molecule has 2 aliphatic heterocycles. The molecule has 222 valence electrons. The second-order valence-electron chi connectivity index (χ2n) is 12.8. The fraction of sp³-hybridized carbons (Fsp3) is 0.543. The molecule has 2 N–H and O–H groups in total. The van der Waals surface area contributed by atoms with Crippen LogP contribution in [0.4, 0.5) is 0 Å². The van der Waals surface area contributed by atoms with Crippen molar-refractivity contribution >= 4 is 35.8 Å². The Morgan fingerprint density at radius 2 is 1.79 bits per heavy atom. The van der Waals surface area contributed by atoms with Crippen molar-refractivity contribution in [3.8, 4) is 5.75 Å². The summed E-state index contributed by atoms with van der Waals surface area (Å²) in [5, 5.41) is 23.1. The number of rotatable bonds is 8. The van der Waals surface area contributed by atoms with Gasteiger partial charge in [-0.05, 0) is 79.8 Å². The van der Waals surface area contributed by atoms with Gasteiger partial charge in [-0.25, -0.2) is 0 Å². The number of amides is 2. The molecule has 2 heterocycles. The van der Waals surface area contributed by atoms with Gasteiger partial charge in [0.05, 0.1) is 17.9 Å². The zero-order chi connectivity index (χ0) is 29.4. The van der Waals surface area contributed by atoms with Crippen molar-refractivity contribution in [2.45, 2.75) is 103 Å². The molecule has 3 fully saturated rings. The first kappa shape index (κ1) is 29.2. The van der Waals surface area contributed by atoms with Crippen molar-refractivity contribution in [2.24, 2.45) is 17.8 Å². The van der Waals surface area contributed by atoms with Crippen molar-refractivity contribution < 1.29 is 24.4 Å². The van der Waals surface area contributed by atoms with E-state index < -0.39 is 7.12 Å². The predicted octanol–water partition coefficient (Wildman–Crippen LogP) is 7.05. The number of phenolic OH excluding ortho intramolecular Hbond substituents is 1. The maximum absolute atomic E-state index is 14.0. The van der Waals surface area contributed by atoms with Gasteiger partial charge in [-0.1, -0.05) is 87.1 Å². The Kier molecular flexibility index (Phi) is 8.60. The Balaban J connectivity index is 1.28. The summed E-state index contributed by atoms with van der Waals surface area (Å²) in [5.41, 5.74) is 4.82. The van der Waals surface area contributed by atoms with Crippen LogP contribution >= 0.6 is 0 Å². The van der Waals surface area contributed by atoms with Gasteiger partial charge in [0, 0.05) is 11.4 Å². The summed E-state index contributed by atoms with van der Waals surface area (Å²) < 4.78 is 6.24. The lowest BCUT2D eigenvalue weighted by molar-refractivity contribution is -0.143. The third-order valence-corrected chi connectivity index (χ3v) is 10.3. The number of hydrogen-bond donors (Lipinski definition) is 2. The van der Waals surface area contributed by atoms with Crippen molar-refractivity contribution in [2.75, 3.05) is 0 Å². The Hall–Kier alpha value is -2.90. The lowest BCUT2D eigenvalue weighted by atomic mass is 9.58. The molecular weight excluding hydrogens is 525 g/mol. The van der Waals surface area contributed by atoms with E-state index in [-0.39, 0.29) is 47.5 Å². The van der Waals surface area contributed by atoms with Crippen LogP contribution in [0.3, 0.4) is 0 Å². The lowest BCUT2D eigenvalue weighted by Crippen LogP contribution is -2.46. The number of aromatic hydroxyl groups is 1. The predicted molar refractivity (Wildman–Crippen MR) is 167 cm³/mol. The fourth-order valence-electron chi connectivity index (χ4n) is 8.35. The molecule has 2 aromatic carbocycles. The number of phenols is 1. The Labute approximate surface area is 250 Å². The van der Waals surface area contributed by atoms with Gasteiger partial charge in [-0.15, -0.1) is 0 Å². The first-order chi connectivity index (χ1) is 20.4. The average molecular weight is 570 g/mol. The normalized spacial score (nSPS) is 27.2. The number of imide groups is 1. The Bertz CT molecular complexity index is 1410. The van der Waals surface area contributed by atoms with Gasteiger partial charge >= 0.3 is 7.12 Å². The highest BCUT2D eigenvalue weighted by molar-refractivity contribution is 6.43. The second-order valence-corrected chi connectivity index (χ2v) is 12.8. The van der Waals surface area contributed by atoms with Crippen LogP contribution in [-0.2, 0) is 14.2 Å². The number of hydrogen-bond acceptors (Lipinski definition) is 5. The summed E-state index contributed by atoms with van der Waals surface area (Å²) in [6, 6.07) is 11.7. The summed E-state index contributed by atoms with van der Waals surface area (Å²) in [7, 11) is -0.938. The van der Waals surface area contributed by atoms with Gasteiger partial charge in [0.25, 0.3) is 0 Å². The number of carbonyl (C=O) groups excluding carboxylic acids is 2. The molecule has 4 atom stereocenters. The highest BCUT2D eigenvalue weighted by Crippen LogP contribution is 2.52. The number of allylic oxidation sites excluding steroid dienone is 2. The molecule has 0 spiro atoms. The van der Waals surface area contributed by atoms with Gasteiger partial charge in [0.15, 0.2) is 0 Å². The first-order valence-electron chi connectivity index (χ1n) is 16.2. The van der Waals surface area contributed by atoms with Crippen LogP contribution in [0.2, 0.25) is 6.32 Å². The third-order valence-electron chi connectivity index (χ3n) is 10.3. The van der Waals surface area contributed by atoms with Crippen molar-refractivity contribution in [1.82, 2.24) is 4.90 Å². The monoisotopic (exact) mass is 569 g/mol. The lowest BCUT2D eigenvalue weighted by Gasteiger charge is -2.43. The van der Waals surface area contributed by atoms with Gasteiger partial charge in [0.1, 0.15) is 5.75 Å². The molecule has 4 aliphatic rings. The molecule has 0 radical (unpaired) electrons. The van der Waals surface area contributed by atoms with E-state index in [9.17, 15) is 19.7 Å². The second kappa shape index (κ2) is 12.4. The minimum absolute atomic E-state index is 0.00356. The molecule has 1 saturated carbocycles. The van der Waals surface area contributed by atoms with Crippen LogP contribution in [0.25, 0.3) is 16.8 Å². The zero-order valence-electron chi connectivity index (χ0n) is 25.1. The van der Waals surface area contributed by atoms with E-state index in [1.807, 2.05) is 30.3 Å². The van der Waals surface area contributed by atoms with E-state index in [1.54, 1.807) is 11.0 Å². The smallest absolute Gasteiger partial charge is 0.455 e. The summed E-state index contributed by atoms with van der Waals surface area (Å²) in [5.74, 6) is -0.505. The van der Waals surface area contributed by atoms with E-state index in [1.165, 1.54) is 23.1 Å². The van der Waals surface area contributed by atoms with E-state index in [2.05, 4.69) is 19.9 Å². The largest absolute Gasteiger partial charge is 0.507 e. The summed E-state index contributed by atoms with van der Waals surface area (Å²) in [4.78, 5) is 29.4. The number of nitrogens with zero attached hydrogens (tertiary/aromatic N) is 1. The van der Waals surface area contributed by atoms with Gasteiger partial charge < -0.3 is 14.8 Å². The van der Waals surface area contributed by atoms with Crippen LogP contribution in [0.1, 0.15) is 90.0 Å². The molecule has 0 unspecified atom stereocenters. The maximum atomic E-state index is 14.0. The Morgan fingerprint density at radius 3 is 2.52 bits per heavy atom. The number of benzene rings is 2. The van der Waals surface area contributed by atoms with Gasteiger partial charge in [-0.2, -0.15) is 0 Å². The van der Waals surface area contributed by atoms with Crippen molar-refractivity contribution in [3.05, 3.63) is 58.7 Å². The van der Waals surface area contributed by atoms with Crippen LogP contribution in [0, 0.1) is 17.8 Å². The van der Waals surface area contributed by atoms with E-state index >= 15 is 0 Å². The molecule has 2 saturated heterocycles. The maximum Gasteiger partial charge on any atom is 0.455 e. The molecule has 6 rings (SSSR count).